The summed E-state index contributed by atoms with van der Waals surface area (Å²) in [5.74, 6) is 0.676. The molecule has 2 N–H and O–H groups in total. The van der Waals surface area contributed by atoms with Gasteiger partial charge in [-0.15, -0.1) is 5.10 Å². The van der Waals surface area contributed by atoms with E-state index in [1.807, 2.05) is 4.90 Å². The molecule has 0 bridgehead atoms. The lowest BCUT2D eigenvalue weighted by Crippen LogP contribution is -2.58. The summed E-state index contributed by atoms with van der Waals surface area (Å²) in [4.78, 5) is 18.0. The molecule has 9 heteroatoms. The van der Waals surface area contributed by atoms with Gasteiger partial charge < -0.3 is 15.5 Å². The zero-order valence-corrected chi connectivity index (χ0v) is 10.4. The van der Waals surface area contributed by atoms with Gasteiger partial charge in [-0.25, -0.2) is 0 Å². The molecular formula is C10H14N8O. The summed E-state index contributed by atoms with van der Waals surface area (Å²) in [5, 5.41) is 17.3. The quantitative estimate of drug-likeness (QED) is 0.648. The van der Waals surface area contributed by atoms with E-state index in [0.717, 1.165) is 12.4 Å². The molecule has 1 unspecified atom stereocenters. The summed E-state index contributed by atoms with van der Waals surface area (Å²) >= 11 is 0. The number of nitrogens with one attached hydrogen (secondary N) is 2. The number of anilines is 1. The Hall–Kier alpha value is -2.29. The van der Waals surface area contributed by atoms with E-state index in [4.69, 9.17) is 0 Å². The van der Waals surface area contributed by atoms with Crippen molar-refractivity contribution in [1.29, 1.82) is 0 Å². The van der Waals surface area contributed by atoms with Crippen LogP contribution in [0.3, 0.4) is 0 Å². The molecule has 1 amide bonds. The molecule has 0 aliphatic carbocycles. The van der Waals surface area contributed by atoms with Crippen LogP contribution in [-0.4, -0.2) is 63.7 Å². The number of hydrogen-bond donors (Lipinski definition) is 2. The van der Waals surface area contributed by atoms with Crippen molar-refractivity contribution in [2.75, 3.05) is 31.6 Å². The number of carbonyl (C=O) groups excluding carboxylic acids is 1. The van der Waals surface area contributed by atoms with Crippen molar-refractivity contribution >= 4 is 17.4 Å². The van der Waals surface area contributed by atoms with Crippen LogP contribution in [0.15, 0.2) is 12.4 Å². The van der Waals surface area contributed by atoms with Crippen molar-refractivity contribution < 1.29 is 4.79 Å². The van der Waals surface area contributed by atoms with Crippen LogP contribution in [0.2, 0.25) is 0 Å². The standard InChI is InChI=1S/C10H14N8O/c1-11-10(19)7-4-12-2-3-17(7)9-6-13-5-8-14-15-16-18(8)9/h5-7,12H,2-4H2,1H3,(H,11,19). The summed E-state index contributed by atoms with van der Waals surface area (Å²) < 4.78 is 1.59. The first-order valence-electron chi connectivity index (χ1n) is 6.02. The normalized spacial score (nSPS) is 19.6. The molecule has 19 heavy (non-hydrogen) atoms. The third kappa shape index (κ3) is 1.97. The van der Waals surface area contributed by atoms with Gasteiger partial charge in [0.15, 0.2) is 11.5 Å². The van der Waals surface area contributed by atoms with Crippen LogP contribution < -0.4 is 15.5 Å². The Labute approximate surface area is 109 Å². The third-order valence-electron chi connectivity index (χ3n) is 3.18. The molecule has 2 aromatic rings. The first kappa shape index (κ1) is 11.8. The van der Waals surface area contributed by atoms with Crippen LogP contribution in [0.25, 0.3) is 5.65 Å². The number of rotatable bonds is 2. The predicted octanol–water partition coefficient (Wildman–Crippen LogP) is -1.96. The minimum absolute atomic E-state index is 0.0442. The lowest BCUT2D eigenvalue weighted by Gasteiger charge is -2.35. The SMILES string of the molecule is CNC(=O)C1CNCCN1c1cncc2nnnn12. The average molecular weight is 262 g/mol. The Balaban J connectivity index is 2.02. The maximum atomic E-state index is 12.0. The fraction of sp³-hybridized carbons (Fsp3) is 0.500. The summed E-state index contributed by atoms with van der Waals surface area (Å²) in [5.41, 5.74) is 0.562. The van der Waals surface area contributed by atoms with Crippen LogP contribution in [0, 0.1) is 0 Å². The monoisotopic (exact) mass is 262 g/mol. The largest absolute Gasteiger partial charge is 0.357 e. The van der Waals surface area contributed by atoms with Gasteiger partial charge in [0.1, 0.15) is 6.04 Å². The van der Waals surface area contributed by atoms with Crippen LogP contribution in [0.4, 0.5) is 5.82 Å². The molecule has 1 fully saturated rings. The lowest BCUT2D eigenvalue weighted by atomic mass is 10.2. The summed E-state index contributed by atoms with van der Waals surface area (Å²) in [7, 11) is 1.63. The van der Waals surface area contributed by atoms with E-state index >= 15 is 0 Å². The van der Waals surface area contributed by atoms with Crippen molar-refractivity contribution in [3.63, 3.8) is 0 Å². The second-order valence-corrected chi connectivity index (χ2v) is 4.24. The Kier molecular flexibility index (Phi) is 2.95. The number of tetrazole rings is 1. The maximum Gasteiger partial charge on any atom is 0.243 e. The highest BCUT2D eigenvalue weighted by molar-refractivity contribution is 5.85. The van der Waals surface area contributed by atoms with Crippen LogP contribution in [0.1, 0.15) is 0 Å². The number of hydrogen-bond acceptors (Lipinski definition) is 7. The second-order valence-electron chi connectivity index (χ2n) is 4.24. The smallest absolute Gasteiger partial charge is 0.243 e. The van der Waals surface area contributed by atoms with Gasteiger partial charge in [-0.05, 0) is 10.4 Å². The van der Waals surface area contributed by atoms with Crippen molar-refractivity contribution in [3.05, 3.63) is 12.4 Å². The Morgan fingerprint density at radius 1 is 1.53 bits per heavy atom. The van der Waals surface area contributed by atoms with Gasteiger partial charge in [-0.3, -0.25) is 9.78 Å². The van der Waals surface area contributed by atoms with Crippen LogP contribution in [-0.2, 0) is 4.79 Å². The van der Waals surface area contributed by atoms with Gasteiger partial charge in [0.25, 0.3) is 0 Å². The van der Waals surface area contributed by atoms with Crippen molar-refractivity contribution in [2.45, 2.75) is 6.04 Å². The summed E-state index contributed by atoms with van der Waals surface area (Å²) in [6, 6.07) is -0.296. The molecule has 2 aromatic heterocycles. The molecule has 3 rings (SSSR count). The second kappa shape index (κ2) is 4.76. The topological polar surface area (TPSA) is 100 Å². The minimum Gasteiger partial charge on any atom is -0.357 e. The van der Waals surface area contributed by atoms with Crippen molar-refractivity contribution in [3.8, 4) is 0 Å². The van der Waals surface area contributed by atoms with Gasteiger partial charge in [-0.1, -0.05) is 0 Å². The number of likely N-dealkylation sites (N-methyl/N-ethyl adjacent to an activating group) is 1. The number of carbonyl (C=O) groups is 1. The van der Waals surface area contributed by atoms with E-state index in [2.05, 4.69) is 31.1 Å². The van der Waals surface area contributed by atoms with E-state index < -0.39 is 0 Å². The van der Waals surface area contributed by atoms with Gasteiger partial charge in [-0.2, -0.15) is 4.52 Å². The minimum atomic E-state index is -0.296. The van der Waals surface area contributed by atoms with Crippen molar-refractivity contribution in [2.24, 2.45) is 0 Å². The number of fused-ring (bicyclic) bond motifs is 1. The maximum absolute atomic E-state index is 12.0. The first-order valence-corrected chi connectivity index (χ1v) is 6.02. The van der Waals surface area contributed by atoms with E-state index in [0.29, 0.717) is 18.7 Å². The van der Waals surface area contributed by atoms with Gasteiger partial charge >= 0.3 is 0 Å². The molecule has 1 atom stereocenters. The molecule has 1 aliphatic rings. The molecule has 0 saturated carbocycles. The lowest BCUT2D eigenvalue weighted by molar-refractivity contribution is -0.122. The zero-order chi connectivity index (χ0) is 13.2. The van der Waals surface area contributed by atoms with Gasteiger partial charge in [0, 0.05) is 26.7 Å². The van der Waals surface area contributed by atoms with Crippen LogP contribution in [0.5, 0.6) is 0 Å². The zero-order valence-electron chi connectivity index (χ0n) is 10.4. The van der Waals surface area contributed by atoms with E-state index in [9.17, 15) is 4.79 Å². The molecule has 1 aliphatic heterocycles. The Morgan fingerprint density at radius 2 is 2.42 bits per heavy atom. The van der Waals surface area contributed by atoms with Crippen LogP contribution >= 0.6 is 0 Å². The average Bonchev–Trinajstić information content (AvgIpc) is 2.94. The highest BCUT2D eigenvalue weighted by atomic mass is 16.2. The summed E-state index contributed by atoms with van der Waals surface area (Å²) in [6.07, 6.45) is 3.26. The summed E-state index contributed by atoms with van der Waals surface area (Å²) in [6.45, 7) is 2.07. The fourth-order valence-corrected chi connectivity index (χ4v) is 2.24. The number of aromatic nitrogens is 5. The fourth-order valence-electron chi connectivity index (χ4n) is 2.24. The van der Waals surface area contributed by atoms with Gasteiger partial charge in [0.2, 0.25) is 5.91 Å². The molecule has 0 spiro atoms. The number of nitrogens with zero attached hydrogens (tertiary/aromatic N) is 6. The molecule has 100 valence electrons. The molecule has 3 heterocycles. The number of amides is 1. The Bertz CT molecular complexity index is 596. The highest BCUT2D eigenvalue weighted by Gasteiger charge is 2.30. The molecule has 1 saturated heterocycles. The molecule has 9 nitrogen and oxygen atoms in total. The van der Waals surface area contributed by atoms with Gasteiger partial charge in [0.05, 0.1) is 12.4 Å². The first-order chi connectivity index (χ1) is 9.31. The highest BCUT2D eigenvalue weighted by Crippen LogP contribution is 2.17. The van der Waals surface area contributed by atoms with E-state index in [-0.39, 0.29) is 11.9 Å². The number of piperazine rings is 1. The van der Waals surface area contributed by atoms with E-state index in [1.165, 1.54) is 0 Å². The Morgan fingerprint density at radius 3 is 3.26 bits per heavy atom. The molecule has 0 aromatic carbocycles. The van der Waals surface area contributed by atoms with E-state index in [1.54, 1.807) is 24.0 Å². The third-order valence-corrected chi connectivity index (χ3v) is 3.18. The molecular weight excluding hydrogens is 248 g/mol. The predicted molar refractivity (Wildman–Crippen MR) is 66.6 cm³/mol. The molecule has 0 radical (unpaired) electrons. The van der Waals surface area contributed by atoms with Crippen molar-refractivity contribution in [1.82, 2.24) is 35.7 Å².